The number of carbonyl (C=O) groups excluding carboxylic acids is 1. The molecule has 7 heteroatoms. The highest BCUT2D eigenvalue weighted by molar-refractivity contribution is 9.10. The Bertz CT molecular complexity index is 944. The zero-order chi connectivity index (χ0) is 19.2. The third-order valence-corrected chi connectivity index (χ3v) is 4.35. The largest absolute Gasteiger partial charge is 0.483 e. The molecule has 138 valence electrons. The summed E-state index contributed by atoms with van der Waals surface area (Å²) >= 11 is 3.44. The summed E-state index contributed by atoms with van der Waals surface area (Å²) in [6, 6.07) is 13.7. The fourth-order valence-corrected chi connectivity index (χ4v) is 3.39. The second-order valence-electron chi connectivity index (χ2n) is 6.02. The number of hydrazone groups is 1. The minimum Gasteiger partial charge on any atom is -0.483 e. The van der Waals surface area contributed by atoms with E-state index in [1.165, 1.54) is 0 Å². The van der Waals surface area contributed by atoms with Crippen LogP contribution in [-0.4, -0.2) is 28.9 Å². The predicted octanol–water partition coefficient (Wildman–Crippen LogP) is 3.99. The number of aromatic nitrogens is 2. The van der Waals surface area contributed by atoms with Crippen LogP contribution in [0.1, 0.15) is 16.7 Å². The van der Waals surface area contributed by atoms with E-state index < -0.39 is 0 Å². The minimum absolute atomic E-state index is 0.114. The molecule has 2 N–H and O–H groups in total. The van der Waals surface area contributed by atoms with E-state index >= 15 is 0 Å². The molecule has 0 saturated carbocycles. The molecule has 1 heterocycles. The summed E-state index contributed by atoms with van der Waals surface area (Å²) in [5.41, 5.74) is 7.01. The number of amides is 1. The van der Waals surface area contributed by atoms with Crippen molar-refractivity contribution in [3.8, 4) is 17.0 Å². The molecule has 3 aromatic rings. The van der Waals surface area contributed by atoms with Crippen molar-refractivity contribution in [2.75, 3.05) is 6.61 Å². The summed E-state index contributed by atoms with van der Waals surface area (Å²) in [5.74, 6) is 0.372. The van der Waals surface area contributed by atoms with Gasteiger partial charge in [-0.2, -0.15) is 10.2 Å². The van der Waals surface area contributed by atoms with E-state index in [0.29, 0.717) is 5.75 Å². The van der Waals surface area contributed by atoms with Gasteiger partial charge < -0.3 is 4.74 Å². The zero-order valence-corrected chi connectivity index (χ0v) is 16.6. The van der Waals surface area contributed by atoms with Gasteiger partial charge in [-0.15, -0.1) is 0 Å². The first-order valence-corrected chi connectivity index (χ1v) is 9.14. The van der Waals surface area contributed by atoms with Crippen LogP contribution in [0.5, 0.6) is 5.75 Å². The topological polar surface area (TPSA) is 79.4 Å². The second kappa shape index (κ2) is 8.64. The van der Waals surface area contributed by atoms with Crippen molar-refractivity contribution < 1.29 is 9.53 Å². The first-order chi connectivity index (χ1) is 13.0. The van der Waals surface area contributed by atoms with Crippen LogP contribution in [0, 0.1) is 13.8 Å². The maximum Gasteiger partial charge on any atom is 0.277 e. The highest BCUT2D eigenvalue weighted by atomic mass is 79.9. The number of ether oxygens (including phenoxy) is 1. The van der Waals surface area contributed by atoms with Crippen molar-refractivity contribution >= 4 is 28.1 Å². The Labute approximate surface area is 165 Å². The van der Waals surface area contributed by atoms with Crippen molar-refractivity contribution in [1.29, 1.82) is 0 Å². The molecule has 0 saturated heterocycles. The number of benzene rings is 2. The van der Waals surface area contributed by atoms with Crippen LogP contribution in [0.4, 0.5) is 0 Å². The lowest BCUT2D eigenvalue weighted by atomic mass is 10.1. The predicted molar refractivity (Wildman–Crippen MR) is 109 cm³/mol. The summed E-state index contributed by atoms with van der Waals surface area (Å²) in [7, 11) is 0. The number of H-pyrrole nitrogens is 1. The average molecular weight is 427 g/mol. The minimum atomic E-state index is -0.335. The van der Waals surface area contributed by atoms with E-state index in [-0.39, 0.29) is 12.5 Å². The van der Waals surface area contributed by atoms with Crippen LogP contribution in [0.25, 0.3) is 11.3 Å². The van der Waals surface area contributed by atoms with Gasteiger partial charge in [0, 0.05) is 15.6 Å². The summed E-state index contributed by atoms with van der Waals surface area (Å²) in [6.45, 7) is 3.76. The molecule has 0 atom stereocenters. The molecule has 2 aromatic carbocycles. The maximum absolute atomic E-state index is 12.0. The lowest BCUT2D eigenvalue weighted by Gasteiger charge is -2.11. The van der Waals surface area contributed by atoms with Gasteiger partial charge in [0.05, 0.1) is 18.1 Å². The number of nitrogens with zero attached hydrogens (tertiary/aromatic N) is 2. The number of hydrogen-bond donors (Lipinski definition) is 2. The molecule has 0 unspecified atom stereocenters. The van der Waals surface area contributed by atoms with Gasteiger partial charge in [0.2, 0.25) is 0 Å². The standard InChI is InChI=1S/C20H19BrN4O2/c1-13-8-17(21)9-14(2)20(13)27-12-18(26)24-22-10-16-11-23-25-19(16)15-6-4-3-5-7-15/h3-11H,12H2,1-2H3,(H,23,25)(H,24,26)/b22-10-. The summed E-state index contributed by atoms with van der Waals surface area (Å²) in [4.78, 5) is 12.0. The summed E-state index contributed by atoms with van der Waals surface area (Å²) < 4.78 is 6.62. The van der Waals surface area contributed by atoms with Gasteiger partial charge >= 0.3 is 0 Å². The third kappa shape index (κ3) is 4.83. The maximum atomic E-state index is 12.0. The number of rotatable bonds is 6. The molecule has 1 aromatic heterocycles. The quantitative estimate of drug-likeness (QED) is 0.461. The molecule has 1 amide bonds. The van der Waals surface area contributed by atoms with Crippen LogP contribution in [0.15, 0.2) is 58.2 Å². The first-order valence-electron chi connectivity index (χ1n) is 8.35. The highest BCUT2D eigenvalue weighted by Gasteiger charge is 2.09. The SMILES string of the molecule is Cc1cc(Br)cc(C)c1OCC(=O)N/N=C\c1cn[nH]c1-c1ccccc1. The van der Waals surface area contributed by atoms with Crippen LogP contribution in [0.3, 0.4) is 0 Å². The van der Waals surface area contributed by atoms with Crippen LogP contribution >= 0.6 is 15.9 Å². The second-order valence-corrected chi connectivity index (χ2v) is 6.93. The van der Waals surface area contributed by atoms with Gasteiger partial charge in [-0.3, -0.25) is 9.89 Å². The summed E-state index contributed by atoms with van der Waals surface area (Å²) in [5, 5.41) is 11.0. The molecule has 6 nitrogen and oxygen atoms in total. The lowest BCUT2D eigenvalue weighted by molar-refractivity contribution is -0.123. The van der Waals surface area contributed by atoms with Gasteiger partial charge in [0.15, 0.2) is 6.61 Å². The number of hydrogen-bond acceptors (Lipinski definition) is 4. The normalized spacial score (nSPS) is 10.9. The third-order valence-electron chi connectivity index (χ3n) is 3.90. The van der Waals surface area contributed by atoms with Gasteiger partial charge in [-0.25, -0.2) is 5.43 Å². The number of aromatic amines is 1. The fourth-order valence-electron chi connectivity index (χ4n) is 2.70. The fraction of sp³-hybridized carbons (Fsp3) is 0.150. The van der Waals surface area contributed by atoms with Gasteiger partial charge in [-0.05, 0) is 37.1 Å². The molecular weight excluding hydrogens is 408 g/mol. The molecule has 0 bridgehead atoms. The van der Waals surface area contributed by atoms with Gasteiger partial charge in [0.25, 0.3) is 5.91 Å². The molecule has 3 rings (SSSR count). The Morgan fingerprint density at radius 1 is 1.26 bits per heavy atom. The van der Waals surface area contributed by atoms with Gasteiger partial charge in [0.1, 0.15) is 5.75 Å². The van der Waals surface area contributed by atoms with E-state index in [1.807, 2.05) is 56.3 Å². The molecule has 0 aliphatic rings. The Hall–Kier alpha value is -2.93. The Morgan fingerprint density at radius 3 is 2.67 bits per heavy atom. The van der Waals surface area contributed by atoms with E-state index in [4.69, 9.17) is 4.74 Å². The van der Waals surface area contributed by atoms with Crippen molar-refractivity contribution in [1.82, 2.24) is 15.6 Å². The van der Waals surface area contributed by atoms with E-state index in [0.717, 1.165) is 32.4 Å². The number of halogens is 1. The molecular formula is C20H19BrN4O2. The molecule has 27 heavy (non-hydrogen) atoms. The van der Waals surface area contributed by atoms with Crippen molar-refractivity contribution in [3.05, 3.63) is 69.8 Å². The monoisotopic (exact) mass is 426 g/mol. The van der Waals surface area contributed by atoms with Crippen molar-refractivity contribution in [2.45, 2.75) is 13.8 Å². The van der Waals surface area contributed by atoms with E-state index in [1.54, 1.807) is 12.4 Å². The highest BCUT2D eigenvalue weighted by Crippen LogP contribution is 2.27. The smallest absolute Gasteiger partial charge is 0.277 e. The van der Waals surface area contributed by atoms with E-state index in [9.17, 15) is 4.79 Å². The Kier molecular flexibility index (Phi) is 6.03. The molecule has 0 radical (unpaired) electrons. The summed E-state index contributed by atoms with van der Waals surface area (Å²) in [6.07, 6.45) is 3.21. The van der Waals surface area contributed by atoms with Crippen LogP contribution in [0.2, 0.25) is 0 Å². The zero-order valence-electron chi connectivity index (χ0n) is 15.0. The molecule has 0 spiro atoms. The number of nitrogens with one attached hydrogen (secondary N) is 2. The van der Waals surface area contributed by atoms with E-state index in [2.05, 4.69) is 36.7 Å². The Balaban J connectivity index is 1.58. The molecule has 0 aliphatic heterocycles. The van der Waals surface area contributed by atoms with Crippen molar-refractivity contribution in [2.24, 2.45) is 5.10 Å². The van der Waals surface area contributed by atoms with Crippen molar-refractivity contribution in [3.63, 3.8) is 0 Å². The number of aryl methyl sites for hydroxylation is 2. The average Bonchev–Trinajstić information content (AvgIpc) is 3.10. The first kappa shape index (κ1) is 18.8. The lowest BCUT2D eigenvalue weighted by Crippen LogP contribution is -2.25. The molecule has 0 aliphatic carbocycles. The van der Waals surface area contributed by atoms with Crippen LogP contribution < -0.4 is 10.2 Å². The number of carbonyl (C=O) groups is 1. The Morgan fingerprint density at radius 2 is 1.96 bits per heavy atom. The molecule has 0 fully saturated rings. The van der Waals surface area contributed by atoms with Gasteiger partial charge in [-0.1, -0.05) is 46.3 Å². The van der Waals surface area contributed by atoms with Crippen LogP contribution in [-0.2, 0) is 4.79 Å².